The molecule has 0 unspecified atom stereocenters. The fourth-order valence-corrected chi connectivity index (χ4v) is 6.07. The minimum absolute atomic E-state index is 0.0445. The van der Waals surface area contributed by atoms with Gasteiger partial charge >= 0.3 is 0 Å². The van der Waals surface area contributed by atoms with Gasteiger partial charge in [0.1, 0.15) is 6.26 Å². The van der Waals surface area contributed by atoms with Crippen molar-refractivity contribution in [1.82, 2.24) is 4.90 Å². The minimum atomic E-state index is 0.0445. The van der Waals surface area contributed by atoms with Crippen molar-refractivity contribution >= 4 is 11.9 Å². The molecule has 0 atom stereocenters. The number of nitrogens with zero attached hydrogens (tertiary/aromatic N) is 2. The Morgan fingerprint density at radius 1 is 1.03 bits per heavy atom. The van der Waals surface area contributed by atoms with E-state index < -0.39 is 0 Å². The van der Waals surface area contributed by atoms with Crippen molar-refractivity contribution in [2.24, 2.45) is 28.3 Å². The largest absolute Gasteiger partial charge is 0.472 e. The SMILES string of the molecule is Cc1cc2c(cc1CN(CC1CCC(CN=C(N)N)CC1)C(=O)c1ccoc1)C(C)(C)CCC2(C)C. The van der Waals surface area contributed by atoms with Gasteiger partial charge in [-0.05, 0) is 96.4 Å². The van der Waals surface area contributed by atoms with Crippen LogP contribution < -0.4 is 11.5 Å². The van der Waals surface area contributed by atoms with E-state index in [9.17, 15) is 4.79 Å². The van der Waals surface area contributed by atoms with E-state index in [-0.39, 0.29) is 22.7 Å². The zero-order valence-electron chi connectivity index (χ0n) is 22.8. The summed E-state index contributed by atoms with van der Waals surface area (Å²) in [6.45, 7) is 13.7. The third-order valence-electron chi connectivity index (χ3n) is 8.70. The quantitative estimate of drug-likeness (QED) is 0.385. The van der Waals surface area contributed by atoms with Gasteiger partial charge in [-0.25, -0.2) is 0 Å². The molecule has 4 rings (SSSR count). The lowest BCUT2D eigenvalue weighted by atomic mass is 9.62. The van der Waals surface area contributed by atoms with Crippen LogP contribution in [0.2, 0.25) is 0 Å². The first-order valence-corrected chi connectivity index (χ1v) is 13.5. The lowest BCUT2D eigenvalue weighted by molar-refractivity contribution is 0.0690. The smallest absolute Gasteiger partial charge is 0.257 e. The Hall–Kier alpha value is -2.76. The summed E-state index contributed by atoms with van der Waals surface area (Å²) >= 11 is 0. The third-order valence-corrected chi connectivity index (χ3v) is 8.70. The number of carbonyl (C=O) groups excluding carboxylic acids is 1. The van der Waals surface area contributed by atoms with Crippen LogP contribution in [-0.2, 0) is 17.4 Å². The molecule has 0 bridgehead atoms. The van der Waals surface area contributed by atoms with Gasteiger partial charge in [0.2, 0.25) is 0 Å². The highest BCUT2D eigenvalue weighted by atomic mass is 16.3. The number of benzene rings is 1. The van der Waals surface area contributed by atoms with E-state index in [0.717, 1.165) is 32.2 Å². The summed E-state index contributed by atoms with van der Waals surface area (Å²) in [7, 11) is 0. The summed E-state index contributed by atoms with van der Waals surface area (Å²) in [6, 6.07) is 6.56. The monoisotopic (exact) mass is 492 g/mol. The normalized spacial score (nSPS) is 22.5. The molecule has 1 aromatic heterocycles. The maximum absolute atomic E-state index is 13.6. The van der Waals surface area contributed by atoms with Gasteiger partial charge in [-0.1, -0.05) is 39.8 Å². The fraction of sp³-hybridized carbons (Fsp3) is 0.600. The molecular formula is C30H44N4O2. The van der Waals surface area contributed by atoms with E-state index in [0.29, 0.717) is 30.5 Å². The summed E-state index contributed by atoms with van der Waals surface area (Å²) in [4.78, 5) is 19.8. The molecule has 1 saturated carbocycles. The van der Waals surface area contributed by atoms with Crippen LogP contribution in [0.25, 0.3) is 0 Å². The lowest BCUT2D eigenvalue weighted by Crippen LogP contribution is -2.37. The molecule has 6 nitrogen and oxygen atoms in total. The molecule has 36 heavy (non-hydrogen) atoms. The molecule has 0 radical (unpaired) electrons. The van der Waals surface area contributed by atoms with Crippen LogP contribution in [0.5, 0.6) is 0 Å². The number of fused-ring (bicyclic) bond motifs is 1. The molecule has 2 aliphatic carbocycles. The van der Waals surface area contributed by atoms with E-state index in [1.165, 1.54) is 35.1 Å². The maximum Gasteiger partial charge on any atom is 0.257 e. The van der Waals surface area contributed by atoms with Crippen molar-refractivity contribution in [2.75, 3.05) is 13.1 Å². The van der Waals surface area contributed by atoms with Crippen LogP contribution in [0.15, 0.2) is 40.1 Å². The second kappa shape index (κ2) is 10.3. The molecule has 2 aromatic rings. The Balaban J connectivity index is 1.56. The molecule has 4 N–H and O–H groups in total. The van der Waals surface area contributed by atoms with Gasteiger partial charge in [0.05, 0.1) is 11.8 Å². The summed E-state index contributed by atoms with van der Waals surface area (Å²) in [5.74, 6) is 1.21. The van der Waals surface area contributed by atoms with Crippen LogP contribution in [-0.4, -0.2) is 29.9 Å². The standard InChI is InChI=1S/C30H44N4O2/c1-20-14-25-26(30(4,5)12-11-29(25,2)3)15-24(20)18-34(27(35)23-10-13-36-19-23)17-22-8-6-21(7-9-22)16-33-28(31)32/h10,13-15,19,21-22H,6-9,11-12,16-18H2,1-5H3,(H4,31,32,33). The van der Waals surface area contributed by atoms with Gasteiger partial charge in [0, 0.05) is 19.6 Å². The number of guanidine groups is 1. The fourth-order valence-electron chi connectivity index (χ4n) is 6.07. The number of amides is 1. The number of nitrogens with two attached hydrogens (primary N) is 2. The van der Waals surface area contributed by atoms with Crippen LogP contribution in [0.1, 0.15) is 98.8 Å². The first-order chi connectivity index (χ1) is 17.0. The highest BCUT2D eigenvalue weighted by molar-refractivity contribution is 5.93. The van der Waals surface area contributed by atoms with E-state index in [1.807, 2.05) is 4.90 Å². The van der Waals surface area contributed by atoms with Crippen molar-refractivity contribution in [3.63, 3.8) is 0 Å². The Bertz CT molecular complexity index is 1090. The second-order valence-electron chi connectivity index (χ2n) is 12.4. The topological polar surface area (TPSA) is 97.9 Å². The molecule has 1 heterocycles. The van der Waals surface area contributed by atoms with E-state index >= 15 is 0 Å². The maximum atomic E-state index is 13.6. The van der Waals surface area contributed by atoms with Gasteiger partial charge in [-0.2, -0.15) is 0 Å². The van der Waals surface area contributed by atoms with E-state index in [4.69, 9.17) is 15.9 Å². The van der Waals surface area contributed by atoms with Crippen molar-refractivity contribution in [1.29, 1.82) is 0 Å². The van der Waals surface area contributed by atoms with Crippen LogP contribution >= 0.6 is 0 Å². The van der Waals surface area contributed by atoms with Gasteiger partial charge in [-0.15, -0.1) is 0 Å². The second-order valence-corrected chi connectivity index (χ2v) is 12.4. The Labute approximate surface area is 216 Å². The average Bonchev–Trinajstić information content (AvgIpc) is 3.36. The summed E-state index contributed by atoms with van der Waals surface area (Å²) in [6.07, 6.45) is 9.88. The lowest BCUT2D eigenvalue weighted by Gasteiger charge is -2.42. The zero-order chi connectivity index (χ0) is 26.1. The van der Waals surface area contributed by atoms with E-state index in [2.05, 4.69) is 51.7 Å². The number of carbonyl (C=O) groups is 1. The predicted molar refractivity (Wildman–Crippen MR) is 146 cm³/mol. The molecule has 0 saturated heterocycles. The van der Waals surface area contributed by atoms with Crippen molar-refractivity contribution in [3.05, 3.63) is 58.5 Å². The molecule has 1 fully saturated rings. The zero-order valence-corrected chi connectivity index (χ0v) is 22.8. The highest BCUT2D eigenvalue weighted by Gasteiger charge is 2.37. The van der Waals surface area contributed by atoms with Gasteiger partial charge in [0.25, 0.3) is 5.91 Å². The molecular weight excluding hydrogens is 448 g/mol. The van der Waals surface area contributed by atoms with Crippen LogP contribution in [0.3, 0.4) is 0 Å². The molecule has 2 aliphatic rings. The van der Waals surface area contributed by atoms with Gasteiger partial charge in [0.15, 0.2) is 5.96 Å². The van der Waals surface area contributed by atoms with Crippen LogP contribution in [0, 0.1) is 18.8 Å². The summed E-state index contributed by atoms with van der Waals surface area (Å²) < 4.78 is 5.25. The number of hydrogen-bond donors (Lipinski definition) is 2. The number of rotatable bonds is 7. The van der Waals surface area contributed by atoms with E-state index in [1.54, 1.807) is 18.6 Å². The number of furan rings is 1. The molecule has 196 valence electrons. The van der Waals surface area contributed by atoms with Crippen molar-refractivity contribution < 1.29 is 9.21 Å². The predicted octanol–water partition coefficient (Wildman–Crippen LogP) is 5.66. The Kier molecular flexibility index (Phi) is 7.53. The third kappa shape index (κ3) is 5.79. The van der Waals surface area contributed by atoms with Crippen LogP contribution in [0.4, 0.5) is 0 Å². The Morgan fingerprint density at radius 2 is 1.64 bits per heavy atom. The highest BCUT2D eigenvalue weighted by Crippen LogP contribution is 2.46. The minimum Gasteiger partial charge on any atom is -0.472 e. The number of aryl methyl sites for hydroxylation is 1. The number of hydrogen-bond acceptors (Lipinski definition) is 3. The van der Waals surface area contributed by atoms with Gasteiger partial charge in [-0.3, -0.25) is 9.79 Å². The van der Waals surface area contributed by atoms with Crippen molar-refractivity contribution in [3.8, 4) is 0 Å². The molecule has 1 amide bonds. The average molecular weight is 493 g/mol. The number of aliphatic imine (C=N–C) groups is 1. The molecule has 1 aromatic carbocycles. The Morgan fingerprint density at radius 3 is 2.22 bits per heavy atom. The van der Waals surface area contributed by atoms with Gasteiger partial charge < -0.3 is 20.8 Å². The first kappa shape index (κ1) is 26.3. The summed E-state index contributed by atoms with van der Waals surface area (Å²) in [5.41, 5.74) is 17.4. The first-order valence-electron chi connectivity index (χ1n) is 13.5. The summed E-state index contributed by atoms with van der Waals surface area (Å²) in [5, 5.41) is 0. The molecule has 6 heteroatoms. The molecule has 0 spiro atoms. The molecule has 0 aliphatic heterocycles. The van der Waals surface area contributed by atoms with Crippen molar-refractivity contribution in [2.45, 2.75) is 90.5 Å².